The first-order valence-corrected chi connectivity index (χ1v) is 12.7. The molecular weight excluding hydrogens is 484 g/mol. The van der Waals surface area contributed by atoms with Crippen LogP contribution in [0.25, 0.3) is 11.0 Å². The van der Waals surface area contributed by atoms with E-state index in [1.807, 2.05) is 73.7 Å². The maximum absolute atomic E-state index is 11.9. The summed E-state index contributed by atoms with van der Waals surface area (Å²) in [4.78, 5) is 23.9. The lowest BCUT2D eigenvalue weighted by molar-refractivity contribution is -0.143. The van der Waals surface area contributed by atoms with Gasteiger partial charge in [0.05, 0.1) is 26.1 Å². The van der Waals surface area contributed by atoms with Crippen LogP contribution in [0, 0.1) is 6.92 Å². The molecule has 0 radical (unpaired) electrons. The van der Waals surface area contributed by atoms with Gasteiger partial charge in [0.1, 0.15) is 36.1 Å². The van der Waals surface area contributed by atoms with E-state index in [0.29, 0.717) is 37.1 Å². The van der Waals surface area contributed by atoms with Crippen molar-refractivity contribution in [1.29, 1.82) is 0 Å². The number of carbonyl (C=O) groups excluding carboxylic acids is 2. The van der Waals surface area contributed by atoms with Gasteiger partial charge in [0.2, 0.25) is 0 Å². The average Bonchev–Trinajstić information content (AvgIpc) is 3.32. The van der Waals surface area contributed by atoms with Crippen LogP contribution >= 0.6 is 0 Å². The van der Waals surface area contributed by atoms with E-state index in [9.17, 15) is 9.59 Å². The minimum atomic E-state index is -0.291. The number of carbonyl (C=O) groups is 2. The maximum atomic E-state index is 11.9. The summed E-state index contributed by atoms with van der Waals surface area (Å²) in [5.41, 5.74) is 4.30. The van der Waals surface area contributed by atoms with E-state index in [-0.39, 0.29) is 31.4 Å². The van der Waals surface area contributed by atoms with E-state index < -0.39 is 0 Å². The summed E-state index contributed by atoms with van der Waals surface area (Å²) < 4.78 is 28.3. The molecule has 0 N–H and O–H groups in total. The van der Waals surface area contributed by atoms with E-state index in [0.717, 1.165) is 33.2 Å². The van der Waals surface area contributed by atoms with Crippen molar-refractivity contribution >= 4 is 22.9 Å². The number of hydrogen-bond acceptors (Lipinski definition) is 7. The first-order chi connectivity index (χ1) is 18.5. The topological polar surface area (TPSA) is 84.2 Å². The summed E-state index contributed by atoms with van der Waals surface area (Å²) >= 11 is 0. The van der Waals surface area contributed by atoms with Crippen LogP contribution in [0.3, 0.4) is 0 Å². The van der Waals surface area contributed by atoms with Crippen LogP contribution in [0.15, 0.2) is 71.1 Å². The highest BCUT2D eigenvalue weighted by Gasteiger charge is 2.14. The summed E-state index contributed by atoms with van der Waals surface area (Å²) in [6, 6.07) is 20.9. The molecule has 0 aliphatic rings. The predicted molar refractivity (Wildman–Crippen MR) is 143 cm³/mol. The summed E-state index contributed by atoms with van der Waals surface area (Å²) in [7, 11) is 0. The minimum Gasteiger partial charge on any atom is -0.489 e. The van der Waals surface area contributed by atoms with Crippen molar-refractivity contribution < 1.29 is 33.0 Å². The number of ether oxygens (including phenoxy) is 4. The molecule has 7 nitrogen and oxygen atoms in total. The second-order valence-electron chi connectivity index (χ2n) is 8.80. The van der Waals surface area contributed by atoms with Gasteiger partial charge in [-0.25, -0.2) is 0 Å². The summed E-state index contributed by atoms with van der Waals surface area (Å²) in [5, 5.41) is 0.946. The van der Waals surface area contributed by atoms with Gasteiger partial charge < -0.3 is 23.4 Å². The lowest BCUT2D eigenvalue weighted by atomic mass is 10.1. The molecule has 4 aromatic rings. The Kier molecular flexibility index (Phi) is 9.03. The molecule has 4 rings (SSSR count). The summed E-state index contributed by atoms with van der Waals surface area (Å²) in [6.07, 6.45) is 0.311. The Hall–Kier alpha value is -4.26. The Morgan fingerprint density at radius 3 is 1.87 bits per heavy atom. The quantitative estimate of drug-likeness (QED) is 0.210. The molecule has 38 heavy (non-hydrogen) atoms. The molecule has 7 heteroatoms. The van der Waals surface area contributed by atoms with Gasteiger partial charge in [-0.2, -0.15) is 0 Å². The molecule has 0 saturated carbocycles. The van der Waals surface area contributed by atoms with Crippen molar-refractivity contribution in [3.05, 3.63) is 94.7 Å². The number of fused-ring (bicyclic) bond motifs is 1. The van der Waals surface area contributed by atoms with Crippen LogP contribution in [-0.4, -0.2) is 25.2 Å². The van der Waals surface area contributed by atoms with Crippen LogP contribution in [0.4, 0.5) is 0 Å². The largest absolute Gasteiger partial charge is 0.489 e. The number of rotatable bonds is 12. The highest BCUT2D eigenvalue weighted by molar-refractivity contribution is 5.82. The molecule has 0 atom stereocenters. The minimum absolute atomic E-state index is 0.148. The van der Waals surface area contributed by atoms with Gasteiger partial charge in [0.25, 0.3) is 0 Å². The van der Waals surface area contributed by atoms with Gasteiger partial charge in [0, 0.05) is 16.5 Å². The number of benzene rings is 3. The summed E-state index contributed by atoms with van der Waals surface area (Å²) in [5.74, 6) is 1.37. The lowest BCUT2D eigenvalue weighted by Crippen LogP contribution is -2.09. The molecule has 0 unspecified atom stereocenters. The zero-order valence-corrected chi connectivity index (χ0v) is 22.0. The zero-order chi connectivity index (χ0) is 26.9. The van der Waals surface area contributed by atoms with Crippen molar-refractivity contribution in [2.24, 2.45) is 0 Å². The monoisotopic (exact) mass is 516 g/mol. The Bertz CT molecular complexity index is 1400. The highest BCUT2D eigenvalue weighted by Crippen LogP contribution is 2.28. The van der Waals surface area contributed by atoms with E-state index in [1.54, 1.807) is 13.8 Å². The highest BCUT2D eigenvalue weighted by atomic mass is 16.5. The average molecular weight is 517 g/mol. The van der Waals surface area contributed by atoms with Crippen molar-refractivity contribution in [3.8, 4) is 11.5 Å². The molecule has 0 aliphatic carbocycles. The molecule has 1 aromatic heterocycles. The molecule has 0 spiro atoms. The second kappa shape index (κ2) is 12.8. The molecule has 0 saturated heterocycles. The number of aryl methyl sites for hydroxylation is 1. The molecule has 198 valence electrons. The van der Waals surface area contributed by atoms with Crippen LogP contribution in [0.5, 0.6) is 11.5 Å². The first-order valence-electron chi connectivity index (χ1n) is 12.7. The van der Waals surface area contributed by atoms with E-state index in [4.69, 9.17) is 23.4 Å². The molecule has 0 amide bonds. The molecule has 1 heterocycles. The maximum Gasteiger partial charge on any atom is 0.310 e. The van der Waals surface area contributed by atoms with E-state index >= 15 is 0 Å². The Balaban J connectivity index is 1.44. The smallest absolute Gasteiger partial charge is 0.310 e. The molecule has 0 bridgehead atoms. The fourth-order valence-corrected chi connectivity index (χ4v) is 4.24. The third kappa shape index (κ3) is 6.94. The van der Waals surface area contributed by atoms with E-state index in [1.165, 1.54) is 0 Å². The predicted octanol–water partition coefficient (Wildman–Crippen LogP) is 6.11. The Morgan fingerprint density at radius 1 is 0.737 bits per heavy atom. The van der Waals surface area contributed by atoms with Crippen molar-refractivity contribution in [2.45, 2.75) is 46.8 Å². The van der Waals surface area contributed by atoms with E-state index in [2.05, 4.69) is 0 Å². The lowest BCUT2D eigenvalue weighted by Gasteiger charge is -2.12. The third-order valence-corrected chi connectivity index (χ3v) is 5.90. The summed E-state index contributed by atoms with van der Waals surface area (Å²) in [6.45, 7) is 6.81. The zero-order valence-electron chi connectivity index (χ0n) is 22.0. The fourth-order valence-electron chi connectivity index (χ4n) is 4.24. The Labute approximate surface area is 222 Å². The standard InChI is InChI=1S/C31H32O7/c1-4-34-29(32)17-23-10-6-8-12-27(23)36-19-22-14-21(3)31-25(15-22)16-26(38-31)20-37-28-13-9-7-11-24(28)18-30(33)35-5-2/h6-16H,4-5,17-20H2,1-3H3. The number of furan rings is 1. The fraction of sp³-hybridized carbons (Fsp3) is 0.290. The van der Waals surface area contributed by atoms with Gasteiger partial charge in [-0.05, 0) is 62.2 Å². The molecule has 0 aliphatic heterocycles. The number of para-hydroxylation sites is 2. The molecule has 3 aromatic carbocycles. The van der Waals surface area contributed by atoms with Crippen LogP contribution in [0.2, 0.25) is 0 Å². The van der Waals surface area contributed by atoms with Crippen LogP contribution in [-0.2, 0) is 45.1 Å². The van der Waals surface area contributed by atoms with Crippen LogP contribution in [0.1, 0.15) is 41.9 Å². The number of hydrogen-bond donors (Lipinski definition) is 0. The second-order valence-corrected chi connectivity index (χ2v) is 8.80. The van der Waals surface area contributed by atoms with Gasteiger partial charge in [-0.1, -0.05) is 36.4 Å². The van der Waals surface area contributed by atoms with Gasteiger partial charge in [-0.3, -0.25) is 9.59 Å². The third-order valence-electron chi connectivity index (χ3n) is 5.90. The van der Waals surface area contributed by atoms with Crippen molar-refractivity contribution in [1.82, 2.24) is 0 Å². The Morgan fingerprint density at radius 2 is 1.29 bits per heavy atom. The van der Waals surface area contributed by atoms with Crippen molar-refractivity contribution in [2.75, 3.05) is 13.2 Å². The normalized spacial score (nSPS) is 10.8. The van der Waals surface area contributed by atoms with Crippen molar-refractivity contribution in [3.63, 3.8) is 0 Å². The molecular formula is C31H32O7. The van der Waals surface area contributed by atoms with Crippen LogP contribution < -0.4 is 9.47 Å². The van der Waals surface area contributed by atoms with Gasteiger partial charge in [0.15, 0.2) is 0 Å². The SMILES string of the molecule is CCOC(=O)Cc1ccccc1OCc1cc(C)c2oc(COc3ccccc3CC(=O)OCC)cc2c1. The first kappa shape index (κ1) is 26.8. The number of esters is 2. The van der Waals surface area contributed by atoms with Gasteiger partial charge >= 0.3 is 11.9 Å². The van der Waals surface area contributed by atoms with Gasteiger partial charge in [-0.15, -0.1) is 0 Å². The molecule has 0 fully saturated rings.